The predicted octanol–water partition coefficient (Wildman–Crippen LogP) is -6.22. The highest BCUT2D eigenvalue weighted by Crippen LogP contribution is 2.06. The van der Waals surface area contributed by atoms with E-state index in [0.717, 1.165) is 12.5 Å². The monoisotopic (exact) mass is 769 g/mol. The highest BCUT2D eigenvalue weighted by atomic mass is 16.4. The van der Waals surface area contributed by atoms with Gasteiger partial charge in [-0.1, -0.05) is 30.3 Å². The summed E-state index contributed by atoms with van der Waals surface area (Å²) in [5.41, 5.74) is 17.4. The fraction of sp³-hybridized carbons (Fsp3) is 0.606. The summed E-state index contributed by atoms with van der Waals surface area (Å²) in [7, 11) is 0. The van der Waals surface area contributed by atoms with Gasteiger partial charge in [-0.25, -0.2) is 0 Å². The van der Waals surface area contributed by atoms with Gasteiger partial charge in [-0.3, -0.25) is 33.6 Å². The van der Waals surface area contributed by atoms with E-state index >= 15 is 0 Å². The van der Waals surface area contributed by atoms with Crippen molar-refractivity contribution in [2.45, 2.75) is 93.8 Å². The third-order valence-electron chi connectivity index (χ3n) is 8.07. The van der Waals surface area contributed by atoms with Gasteiger partial charge in [-0.15, -0.1) is 0 Å². The summed E-state index contributed by atoms with van der Waals surface area (Å²) in [4.78, 5) is 88.2. The topological polar surface area (TPSA) is 371 Å². The molecule has 17 N–H and O–H groups in total. The molecule has 8 atom stereocenters. The minimum absolute atomic E-state index is 0.0557. The molecule has 21 heteroatoms. The van der Waals surface area contributed by atoms with Gasteiger partial charge in [-0.05, 0) is 51.1 Å². The first kappa shape index (κ1) is 47.3. The number of unbranched alkanes of at least 4 members (excludes halogenated alkanes) is 1. The molecule has 54 heavy (non-hydrogen) atoms. The van der Waals surface area contributed by atoms with Gasteiger partial charge in [0.1, 0.15) is 30.2 Å². The first-order chi connectivity index (χ1) is 25.6. The number of hydrogen-bond acceptors (Lipinski definition) is 14. The standard InChI is InChI=1S/C33H55N9O12/c1-18(46)27(42-31(52)23(10-11-26(47)48)39-29(50)21(35)16-44)33(54)41-25(17-45)32(53)40-22(9-5-6-12-34)30(51)38-20(15-43)14-37-24(28(36)49)13-19-7-3-2-4-8-19/h2-4,7-8,18,20-25,27,37,43-46H,5-6,9-17,34-35H2,1H3,(H2,36,49)(H,38,51)(H,39,50)(H,40,53)(H,41,54)(H,42,52)(H,47,48). The van der Waals surface area contributed by atoms with E-state index in [4.69, 9.17) is 27.4 Å². The molecular formula is C33H55N9O12. The van der Waals surface area contributed by atoms with Crippen molar-refractivity contribution in [3.8, 4) is 0 Å². The molecule has 0 saturated heterocycles. The molecule has 0 aromatic heterocycles. The van der Waals surface area contributed by atoms with E-state index in [9.17, 15) is 48.9 Å². The Balaban J connectivity index is 3.05. The van der Waals surface area contributed by atoms with Gasteiger partial charge in [0, 0.05) is 13.0 Å². The zero-order valence-electron chi connectivity index (χ0n) is 30.1. The number of amides is 6. The second kappa shape index (κ2) is 25.3. The number of aliphatic hydroxyl groups is 4. The van der Waals surface area contributed by atoms with E-state index in [0.29, 0.717) is 12.8 Å². The van der Waals surface area contributed by atoms with Gasteiger partial charge >= 0.3 is 5.97 Å². The van der Waals surface area contributed by atoms with Crippen LogP contribution in [0.25, 0.3) is 0 Å². The van der Waals surface area contributed by atoms with Crippen molar-refractivity contribution in [2.75, 3.05) is 32.9 Å². The van der Waals surface area contributed by atoms with Gasteiger partial charge < -0.3 is 74.6 Å². The Morgan fingerprint density at radius 1 is 0.704 bits per heavy atom. The molecule has 0 aliphatic heterocycles. The Morgan fingerprint density at radius 2 is 1.28 bits per heavy atom. The first-order valence-electron chi connectivity index (χ1n) is 17.3. The number of nitrogens with one attached hydrogen (secondary N) is 6. The maximum Gasteiger partial charge on any atom is 0.303 e. The largest absolute Gasteiger partial charge is 0.481 e. The number of nitrogens with two attached hydrogens (primary N) is 3. The third kappa shape index (κ3) is 17.4. The second-order valence-electron chi connectivity index (χ2n) is 12.5. The number of rotatable bonds is 27. The Labute approximate surface area is 312 Å². The maximum atomic E-state index is 13.4. The molecule has 0 spiro atoms. The van der Waals surface area contributed by atoms with Crippen LogP contribution in [0, 0.1) is 0 Å². The molecule has 0 radical (unpaired) electrons. The van der Waals surface area contributed by atoms with E-state index in [1.165, 1.54) is 0 Å². The van der Waals surface area contributed by atoms with Gasteiger partial charge in [0.25, 0.3) is 0 Å². The maximum absolute atomic E-state index is 13.4. The van der Waals surface area contributed by atoms with Gasteiger partial charge in [0.2, 0.25) is 35.4 Å². The minimum Gasteiger partial charge on any atom is -0.481 e. The van der Waals surface area contributed by atoms with Crippen molar-refractivity contribution in [3.05, 3.63) is 35.9 Å². The highest BCUT2D eigenvalue weighted by Gasteiger charge is 2.34. The molecule has 0 bridgehead atoms. The van der Waals surface area contributed by atoms with Crippen molar-refractivity contribution in [2.24, 2.45) is 17.2 Å². The van der Waals surface area contributed by atoms with Gasteiger partial charge in [0.15, 0.2) is 0 Å². The van der Waals surface area contributed by atoms with Crippen LogP contribution in [0.4, 0.5) is 0 Å². The SMILES string of the molecule is CC(O)C(NC(=O)C(CCC(=O)O)NC(=O)C(N)CO)C(=O)NC(CO)C(=O)NC(CCCCN)C(=O)NC(CO)CNC(Cc1ccccc1)C(N)=O. The molecular weight excluding hydrogens is 714 g/mol. The van der Waals surface area contributed by atoms with E-state index < -0.39 is 122 Å². The number of carboxylic acids is 1. The van der Waals surface area contributed by atoms with E-state index in [2.05, 4.69) is 31.9 Å². The van der Waals surface area contributed by atoms with Crippen molar-refractivity contribution in [3.63, 3.8) is 0 Å². The lowest BCUT2D eigenvalue weighted by Gasteiger charge is -2.28. The predicted molar refractivity (Wildman–Crippen MR) is 191 cm³/mol. The van der Waals surface area contributed by atoms with Crippen LogP contribution >= 0.6 is 0 Å². The van der Waals surface area contributed by atoms with Gasteiger partial charge in [0.05, 0.1) is 38.0 Å². The van der Waals surface area contributed by atoms with Crippen LogP contribution in [0.3, 0.4) is 0 Å². The molecule has 21 nitrogen and oxygen atoms in total. The number of benzene rings is 1. The van der Waals surface area contributed by atoms with Crippen LogP contribution in [-0.4, -0.2) is 148 Å². The molecule has 1 rings (SSSR count). The Bertz CT molecular complexity index is 1370. The van der Waals surface area contributed by atoms with Gasteiger partial charge in [-0.2, -0.15) is 0 Å². The quantitative estimate of drug-likeness (QED) is 0.0370. The Kier molecular flexibility index (Phi) is 22.1. The lowest BCUT2D eigenvalue weighted by atomic mass is 10.0. The van der Waals surface area contributed by atoms with Crippen LogP contribution in [-0.2, 0) is 40.0 Å². The number of aliphatic hydroxyl groups excluding tert-OH is 4. The van der Waals surface area contributed by atoms with Crippen molar-refractivity contribution in [1.82, 2.24) is 31.9 Å². The zero-order valence-corrected chi connectivity index (χ0v) is 30.1. The summed E-state index contributed by atoms with van der Waals surface area (Å²) in [6.45, 7) is -1.03. The number of hydrogen-bond donors (Lipinski definition) is 14. The Morgan fingerprint density at radius 3 is 1.81 bits per heavy atom. The summed E-state index contributed by atoms with van der Waals surface area (Å²) in [6.07, 6.45) is -1.53. The lowest BCUT2D eigenvalue weighted by Crippen LogP contribution is -2.62. The van der Waals surface area contributed by atoms with Crippen LogP contribution in [0.15, 0.2) is 30.3 Å². The second-order valence-corrected chi connectivity index (χ2v) is 12.5. The minimum atomic E-state index is -1.79. The molecule has 0 fully saturated rings. The molecule has 0 heterocycles. The Hall–Kier alpha value is -4.77. The zero-order chi connectivity index (χ0) is 40.8. The molecule has 8 unspecified atom stereocenters. The highest BCUT2D eigenvalue weighted by molar-refractivity contribution is 5.96. The third-order valence-corrected chi connectivity index (χ3v) is 8.07. The summed E-state index contributed by atoms with van der Waals surface area (Å²) >= 11 is 0. The van der Waals surface area contributed by atoms with E-state index in [1.807, 2.05) is 6.07 Å². The van der Waals surface area contributed by atoms with E-state index in [-0.39, 0.29) is 25.9 Å². The van der Waals surface area contributed by atoms with Crippen molar-refractivity contribution in [1.29, 1.82) is 0 Å². The molecule has 6 amide bonds. The van der Waals surface area contributed by atoms with Crippen LogP contribution in [0.1, 0.15) is 44.6 Å². The number of primary amides is 1. The van der Waals surface area contributed by atoms with Crippen molar-refractivity contribution < 1.29 is 59.1 Å². The fourth-order valence-corrected chi connectivity index (χ4v) is 4.92. The average molecular weight is 770 g/mol. The average Bonchev–Trinajstić information content (AvgIpc) is 3.14. The van der Waals surface area contributed by atoms with Crippen LogP contribution < -0.4 is 49.1 Å². The number of carbonyl (C=O) groups is 7. The van der Waals surface area contributed by atoms with Crippen LogP contribution in [0.5, 0.6) is 0 Å². The van der Waals surface area contributed by atoms with Crippen molar-refractivity contribution >= 4 is 41.4 Å². The number of aliphatic carboxylic acids is 1. The summed E-state index contributed by atoms with van der Waals surface area (Å²) in [5.74, 6) is -7.02. The fourth-order valence-electron chi connectivity index (χ4n) is 4.92. The summed E-state index contributed by atoms with van der Waals surface area (Å²) < 4.78 is 0. The molecule has 0 aliphatic carbocycles. The van der Waals surface area contributed by atoms with E-state index in [1.54, 1.807) is 24.3 Å². The molecule has 0 saturated carbocycles. The smallest absolute Gasteiger partial charge is 0.303 e. The molecule has 0 aliphatic rings. The molecule has 1 aromatic carbocycles. The van der Waals surface area contributed by atoms with Crippen LogP contribution in [0.2, 0.25) is 0 Å². The summed E-state index contributed by atoms with van der Waals surface area (Å²) in [5, 5.41) is 63.0. The lowest BCUT2D eigenvalue weighted by molar-refractivity contribution is -0.139. The molecule has 1 aromatic rings. The normalized spacial score (nSPS) is 15.5. The number of carboxylic acid groups (broad SMARTS) is 1. The number of carbonyl (C=O) groups excluding carboxylic acids is 6. The first-order valence-corrected chi connectivity index (χ1v) is 17.3. The summed E-state index contributed by atoms with van der Waals surface area (Å²) in [6, 6.07) is -0.517. The molecule has 304 valence electrons.